The minimum absolute atomic E-state index is 0.0592. The van der Waals surface area contributed by atoms with Crippen LogP contribution >= 0.6 is 23.2 Å². The molecule has 0 spiro atoms. The highest BCUT2D eigenvalue weighted by Crippen LogP contribution is 2.46. The summed E-state index contributed by atoms with van der Waals surface area (Å²) < 4.78 is 0. The normalized spacial score (nSPS) is 21.7. The fraction of sp³-hybridized carbons (Fsp3) is 0.333. The van der Waals surface area contributed by atoms with Gasteiger partial charge in [0.05, 0.1) is 12.0 Å². The predicted molar refractivity (Wildman–Crippen MR) is 144 cm³/mol. The van der Waals surface area contributed by atoms with Crippen LogP contribution in [0, 0.1) is 5.92 Å². The Hall–Kier alpha value is -2.66. The lowest BCUT2D eigenvalue weighted by Crippen LogP contribution is -2.58. The Morgan fingerprint density at radius 3 is 1.89 bits per heavy atom. The van der Waals surface area contributed by atoms with Gasteiger partial charge in [-0.3, -0.25) is 19.4 Å². The van der Waals surface area contributed by atoms with Crippen molar-refractivity contribution in [1.29, 1.82) is 0 Å². The number of carbonyl (C=O) groups excluding carboxylic acids is 2. The maximum atomic E-state index is 14.3. The van der Waals surface area contributed by atoms with E-state index in [-0.39, 0.29) is 24.3 Å². The Kier molecular flexibility index (Phi) is 7.47. The number of amides is 2. The first kappa shape index (κ1) is 25.0. The maximum absolute atomic E-state index is 14.3. The molecule has 1 atom stereocenters. The quantitative estimate of drug-likeness (QED) is 0.348. The largest absolute Gasteiger partial charge is 0.299 e. The molecule has 0 bridgehead atoms. The topological polar surface area (TPSA) is 40.6 Å². The predicted octanol–water partition coefficient (Wildman–Crippen LogP) is 6.49. The van der Waals surface area contributed by atoms with Gasteiger partial charge in [0.2, 0.25) is 11.8 Å². The number of hydrogen-bond acceptors (Lipinski definition) is 3. The van der Waals surface area contributed by atoms with E-state index < -0.39 is 5.41 Å². The third kappa shape index (κ3) is 5.08. The van der Waals surface area contributed by atoms with E-state index in [0.717, 1.165) is 48.6 Å². The molecule has 3 aromatic carbocycles. The Morgan fingerprint density at radius 1 is 0.750 bits per heavy atom. The highest BCUT2D eigenvalue weighted by molar-refractivity contribution is 6.30. The van der Waals surface area contributed by atoms with Crippen LogP contribution < -0.4 is 0 Å². The lowest BCUT2D eigenvalue weighted by molar-refractivity contribution is -0.157. The van der Waals surface area contributed by atoms with Crippen molar-refractivity contribution in [2.45, 2.75) is 44.2 Å². The van der Waals surface area contributed by atoms with Crippen molar-refractivity contribution in [1.82, 2.24) is 9.80 Å². The molecule has 2 aliphatic rings. The second kappa shape index (κ2) is 10.8. The molecule has 186 valence electrons. The molecule has 2 amide bonds. The van der Waals surface area contributed by atoms with Crippen molar-refractivity contribution < 1.29 is 9.59 Å². The van der Waals surface area contributed by atoms with Crippen LogP contribution in [-0.4, -0.2) is 34.7 Å². The monoisotopic (exact) mass is 520 g/mol. The summed E-state index contributed by atoms with van der Waals surface area (Å²) in [4.78, 5) is 31.2. The van der Waals surface area contributed by atoms with E-state index in [1.54, 1.807) is 12.1 Å². The molecule has 36 heavy (non-hydrogen) atoms. The molecule has 2 saturated heterocycles. The van der Waals surface area contributed by atoms with Crippen LogP contribution in [0.4, 0.5) is 0 Å². The number of halogens is 2. The Labute approximate surface area is 222 Å². The van der Waals surface area contributed by atoms with Crippen LogP contribution in [-0.2, 0) is 28.1 Å². The average Bonchev–Trinajstić information content (AvgIpc) is 2.90. The molecule has 2 heterocycles. The summed E-state index contributed by atoms with van der Waals surface area (Å²) >= 11 is 12.1. The van der Waals surface area contributed by atoms with Gasteiger partial charge in [0.15, 0.2) is 0 Å². The Morgan fingerprint density at radius 2 is 1.31 bits per heavy atom. The van der Waals surface area contributed by atoms with Crippen LogP contribution in [0.2, 0.25) is 10.0 Å². The number of imide groups is 1. The summed E-state index contributed by atoms with van der Waals surface area (Å²) in [5.41, 5.74) is 2.49. The molecule has 0 aromatic heterocycles. The van der Waals surface area contributed by atoms with E-state index >= 15 is 0 Å². The zero-order valence-corrected chi connectivity index (χ0v) is 21.7. The lowest BCUT2D eigenvalue weighted by Gasteiger charge is -2.48. The van der Waals surface area contributed by atoms with Gasteiger partial charge >= 0.3 is 0 Å². The highest BCUT2D eigenvalue weighted by atomic mass is 35.5. The van der Waals surface area contributed by atoms with Crippen LogP contribution in [0.25, 0.3) is 0 Å². The maximum Gasteiger partial charge on any atom is 0.240 e. The minimum atomic E-state index is -0.687. The first-order valence-electron chi connectivity index (χ1n) is 12.6. The zero-order valence-electron chi connectivity index (χ0n) is 20.2. The van der Waals surface area contributed by atoms with Gasteiger partial charge in [-0.15, -0.1) is 0 Å². The van der Waals surface area contributed by atoms with Gasteiger partial charge in [0.1, 0.15) is 0 Å². The summed E-state index contributed by atoms with van der Waals surface area (Å²) in [6, 6.07) is 25.5. The van der Waals surface area contributed by atoms with Crippen molar-refractivity contribution in [3.63, 3.8) is 0 Å². The van der Waals surface area contributed by atoms with Crippen molar-refractivity contribution in [2.24, 2.45) is 5.92 Å². The Balaban J connectivity index is 1.39. The molecule has 4 nitrogen and oxygen atoms in total. The van der Waals surface area contributed by atoms with Crippen LogP contribution in [0.3, 0.4) is 0 Å². The van der Waals surface area contributed by atoms with Crippen LogP contribution in [0.15, 0.2) is 78.9 Å². The second-order valence-electron chi connectivity index (χ2n) is 9.93. The zero-order chi connectivity index (χ0) is 25.1. The number of rotatable bonds is 6. The standard InChI is InChI=1S/C30H30Cl2N2O2/c31-26-10-6-22(7-11-26)20-33-18-15-25(16-19-33)30(24-4-2-1-3-5-24)17-14-28(35)34(29(30)36)21-23-8-12-27(32)13-9-23/h1-13,25H,14-21H2. The summed E-state index contributed by atoms with van der Waals surface area (Å²) in [7, 11) is 0. The molecule has 3 aromatic rings. The second-order valence-corrected chi connectivity index (χ2v) is 10.8. The summed E-state index contributed by atoms with van der Waals surface area (Å²) in [6.07, 6.45) is 2.77. The fourth-order valence-corrected chi connectivity index (χ4v) is 6.13. The van der Waals surface area contributed by atoms with Crippen LogP contribution in [0.5, 0.6) is 0 Å². The average molecular weight is 521 g/mol. The van der Waals surface area contributed by atoms with Crippen molar-refractivity contribution in [3.05, 3.63) is 106 Å². The summed E-state index contributed by atoms with van der Waals surface area (Å²) in [5.74, 6) is 0.0208. The molecule has 0 aliphatic carbocycles. The van der Waals surface area contributed by atoms with Gasteiger partial charge < -0.3 is 0 Å². The van der Waals surface area contributed by atoms with Gasteiger partial charge in [-0.05, 0) is 79.2 Å². The number of nitrogens with zero attached hydrogens (tertiary/aromatic N) is 2. The molecule has 6 heteroatoms. The lowest BCUT2D eigenvalue weighted by atomic mass is 9.62. The molecular weight excluding hydrogens is 491 g/mol. The smallest absolute Gasteiger partial charge is 0.240 e. The minimum Gasteiger partial charge on any atom is -0.299 e. The van der Waals surface area contributed by atoms with Gasteiger partial charge in [-0.1, -0.05) is 77.8 Å². The number of likely N-dealkylation sites (tertiary alicyclic amines) is 2. The van der Waals surface area contributed by atoms with Crippen LogP contribution in [0.1, 0.15) is 42.4 Å². The van der Waals surface area contributed by atoms with E-state index in [0.29, 0.717) is 17.9 Å². The third-order valence-electron chi connectivity index (χ3n) is 7.81. The third-order valence-corrected chi connectivity index (χ3v) is 8.31. The first-order chi connectivity index (χ1) is 17.5. The summed E-state index contributed by atoms with van der Waals surface area (Å²) in [5, 5.41) is 1.38. The SMILES string of the molecule is O=C1CCC(c2ccccc2)(C2CCN(Cc3ccc(Cl)cc3)CC2)C(=O)N1Cc1ccc(Cl)cc1. The molecule has 2 fully saturated rings. The van der Waals surface area contributed by atoms with Gasteiger partial charge in [0.25, 0.3) is 0 Å². The van der Waals surface area contributed by atoms with Crippen molar-refractivity contribution in [3.8, 4) is 0 Å². The van der Waals surface area contributed by atoms with E-state index in [2.05, 4.69) is 29.2 Å². The molecular formula is C30H30Cl2N2O2. The highest BCUT2D eigenvalue weighted by Gasteiger charge is 2.53. The molecule has 2 aliphatic heterocycles. The van der Waals surface area contributed by atoms with E-state index in [1.807, 2.05) is 42.5 Å². The first-order valence-corrected chi connectivity index (χ1v) is 13.3. The summed E-state index contributed by atoms with van der Waals surface area (Å²) in [6.45, 7) is 2.98. The molecule has 0 saturated carbocycles. The van der Waals surface area contributed by atoms with E-state index in [4.69, 9.17) is 23.2 Å². The number of carbonyl (C=O) groups is 2. The molecule has 0 radical (unpaired) electrons. The van der Waals surface area contributed by atoms with Gasteiger partial charge in [-0.2, -0.15) is 0 Å². The van der Waals surface area contributed by atoms with Crippen molar-refractivity contribution >= 4 is 35.0 Å². The number of benzene rings is 3. The fourth-order valence-electron chi connectivity index (χ4n) is 5.88. The number of piperidine rings is 2. The van der Waals surface area contributed by atoms with Gasteiger partial charge in [-0.25, -0.2) is 0 Å². The van der Waals surface area contributed by atoms with Gasteiger partial charge in [0, 0.05) is 23.0 Å². The van der Waals surface area contributed by atoms with E-state index in [1.165, 1.54) is 10.5 Å². The molecule has 1 unspecified atom stereocenters. The molecule has 5 rings (SSSR count). The number of hydrogen-bond donors (Lipinski definition) is 0. The van der Waals surface area contributed by atoms with E-state index in [9.17, 15) is 9.59 Å². The Bertz CT molecular complexity index is 1210. The molecule has 0 N–H and O–H groups in total. The van der Waals surface area contributed by atoms with Crippen molar-refractivity contribution in [2.75, 3.05) is 13.1 Å².